The number of nitrogens with zero attached hydrogens (tertiary/aromatic N) is 1. The fourth-order valence-corrected chi connectivity index (χ4v) is 5.13. The number of para-hydroxylation sites is 1. The lowest BCUT2D eigenvalue weighted by Gasteiger charge is -2.11. The molecule has 2 aromatic heterocycles. The maximum atomic E-state index is 13.4. The first-order valence-electron chi connectivity index (χ1n) is 10.2. The van der Waals surface area contributed by atoms with Gasteiger partial charge in [0.25, 0.3) is 11.5 Å². The molecule has 154 valence electrons. The van der Waals surface area contributed by atoms with Crippen LogP contribution in [0.25, 0.3) is 21.0 Å². The number of rotatable bonds is 7. The summed E-state index contributed by atoms with van der Waals surface area (Å²) >= 11 is 1.32. The number of unbranched alkanes of at least 4 members (excludes halogenated alkanes) is 1. The van der Waals surface area contributed by atoms with Gasteiger partial charge in [0.2, 0.25) is 0 Å². The van der Waals surface area contributed by atoms with Crippen LogP contribution in [0.2, 0.25) is 0 Å². The Morgan fingerprint density at radius 2 is 2.21 bits per heavy atom. The number of carbonyl (C=O) groups excluding carboxylic acids is 1. The summed E-state index contributed by atoms with van der Waals surface area (Å²) in [5.74, 6) is 0.151. The fraction of sp³-hybridized carbons (Fsp3) is 0.455. The molecule has 1 fully saturated rings. The highest BCUT2D eigenvalue weighted by molar-refractivity contribution is 7.22. The van der Waals surface area contributed by atoms with Crippen LogP contribution in [0, 0.1) is 0 Å². The van der Waals surface area contributed by atoms with Crippen LogP contribution < -0.4 is 15.6 Å². The molecule has 1 N–H and O–H groups in total. The highest BCUT2D eigenvalue weighted by atomic mass is 32.1. The quantitative estimate of drug-likeness (QED) is 0.636. The molecule has 1 saturated heterocycles. The van der Waals surface area contributed by atoms with Gasteiger partial charge in [0.1, 0.15) is 10.3 Å². The Morgan fingerprint density at radius 1 is 1.38 bits per heavy atom. The molecule has 1 aliphatic rings. The zero-order chi connectivity index (χ0) is 20.4. The number of hydrogen-bond acceptors (Lipinski definition) is 5. The van der Waals surface area contributed by atoms with Gasteiger partial charge in [-0.05, 0) is 25.3 Å². The monoisotopic (exact) mass is 414 g/mol. The predicted octanol–water partition coefficient (Wildman–Crippen LogP) is 3.93. The number of aryl methyl sites for hydroxylation is 1. The van der Waals surface area contributed by atoms with Crippen molar-refractivity contribution >= 4 is 38.2 Å². The zero-order valence-electron chi connectivity index (χ0n) is 16.8. The molecular formula is C22H26N2O4S. The number of ether oxygens (including phenoxy) is 2. The topological polar surface area (TPSA) is 69.6 Å². The summed E-state index contributed by atoms with van der Waals surface area (Å²) in [6.07, 6.45) is 3.95. The first-order valence-corrected chi connectivity index (χ1v) is 11.0. The largest absolute Gasteiger partial charge is 0.494 e. The lowest BCUT2D eigenvalue weighted by atomic mass is 10.1. The van der Waals surface area contributed by atoms with Crippen LogP contribution in [-0.4, -0.2) is 36.8 Å². The highest BCUT2D eigenvalue weighted by Gasteiger charge is 2.25. The van der Waals surface area contributed by atoms with Crippen molar-refractivity contribution in [2.75, 3.05) is 20.3 Å². The van der Waals surface area contributed by atoms with E-state index in [4.69, 9.17) is 9.47 Å². The van der Waals surface area contributed by atoms with E-state index in [1.165, 1.54) is 18.4 Å². The second-order valence-corrected chi connectivity index (χ2v) is 8.36. The molecule has 3 heterocycles. The van der Waals surface area contributed by atoms with E-state index in [-0.39, 0.29) is 17.6 Å². The minimum atomic E-state index is -0.220. The molecule has 0 saturated carbocycles. The van der Waals surface area contributed by atoms with Gasteiger partial charge in [-0.2, -0.15) is 0 Å². The van der Waals surface area contributed by atoms with Crippen LogP contribution in [0.3, 0.4) is 0 Å². The standard InChI is InChI=1S/C22H26N2O4S/c1-3-4-11-24-16-10-6-5-9-15(16)19-17(22(24)26)18(27-2)20(29-19)21(25)23-13-14-8-7-12-28-14/h5-6,9-10,14H,3-4,7-8,11-13H2,1-2H3,(H,23,25). The van der Waals surface area contributed by atoms with Gasteiger partial charge >= 0.3 is 0 Å². The third kappa shape index (κ3) is 3.65. The summed E-state index contributed by atoms with van der Waals surface area (Å²) in [5.41, 5.74) is 0.798. The number of hydrogen-bond donors (Lipinski definition) is 1. The molecule has 0 spiro atoms. The second kappa shape index (κ2) is 8.55. The van der Waals surface area contributed by atoms with Gasteiger partial charge in [0.05, 0.1) is 23.4 Å². The molecule has 1 unspecified atom stereocenters. The van der Waals surface area contributed by atoms with E-state index < -0.39 is 0 Å². The van der Waals surface area contributed by atoms with E-state index in [1.54, 1.807) is 0 Å². The van der Waals surface area contributed by atoms with Crippen molar-refractivity contribution in [1.82, 2.24) is 9.88 Å². The molecule has 1 amide bonds. The Labute approximate surface area is 173 Å². The average Bonchev–Trinajstić information content (AvgIpc) is 3.40. The molecule has 7 heteroatoms. The number of methoxy groups -OCH3 is 1. The van der Waals surface area contributed by atoms with E-state index in [2.05, 4.69) is 12.2 Å². The van der Waals surface area contributed by atoms with Gasteiger partial charge in [-0.15, -0.1) is 11.3 Å². The first-order chi connectivity index (χ1) is 14.2. The minimum Gasteiger partial charge on any atom is -0.494 e. The smallest absolute Gasteiger partial charge is 0.265 e. The molecule has 4 rings (SSSR count). The number of fused-ring (bicyclic) bond motifs is 3. The van der Waals surface area contributed by atoms with Crippen LogP contribution in [0.5, 0.6) is 5.75 Å². The number of carbonyl (C=O) groups is 1. The summed E-state index contributed by atoms with van der Waals surface area (Å²) in [5, 5.41) is 4.42. The molecule has 29 heavy (non-hydrogen) atoms. The highest BCUT2D eigenvalue weighted by Crippen LogP contribution is 2.39. The van der Waals surface area contributed by atoms with Crippen molar-refractivity contribution in [1.29, 1.82) is 0 Å². The normalized spacial score (nSPS) is 16.6. The molecule has 0 radical (unpaired) electrons. The molecule has 6 nitrogen and oxygen atoms in total. The van der Waals surface area contributed by atoms with Crippen LogP contribution in [-0.2, 0) is 11.3 Å². The maximum absolute atomic E-state index is 13.4. The Kier molecular flexibility index (Phi) is 5.87. The van der Waals surface area contributed by atoms with Crippen LogP contribution in [0.15, 0.2) is 29.1 Å². The average molecular weight is 415 g/mol. The molecule has 1 aliphatic heterocycles. The molecular weight excluding hydrogens is 388 g/mol. The van der Waals surface area contributed by atoms with Crippen molar-refractivity contribution in [2.24, 2.45) is 0 Å². The Balaban J connectivity index is 1.82. The van der Waals surface area contributed by atoms with Gasteiger partial charge in [0.15, 0.2) is 5.75 Å². The Hall–Kier alpha value is -2.38. The van der Waals surface area contributed by atoms with Crippen LogP contribution in [0.1, 0.15) is 42.3 Å². The number of pyridine rings is 1. The summed E-state index contributed by atoms with van der Waals surface area (Å²) in [6.45, 7) is 3.96. The van der Waals surface area contributed by atoms with Crippen LogP contribution >= 0.6 is 11.3 Å². The van der Waals surface area contributed by atoms with Gasteiger partial charge in [0, 0.05) is 25.1 Å². The van der Waals surface area contributed by atoms with E-state index in [0.717, 1.165) is 47.9 Å². The predicted molar refractivity (Wildman–Crippen MR) is 116 cm³/mol. The summed E-state index contributed by atoms with van der Waals surface area (Å²) in [4.78, 5) is 26.7. The fourth-order valence-electron chi connectivity index (χ4n) is 3.92. The molecule has 1 aromatic carbocycles. The molecule has 1 atom stereocenters. The summed E-state index contributed by atoms with van der Waals surface area (Å²) < 4.78 is 13.8. The summed E-state index contributed by atoms with van der Waals surface area (Å²) in [7, 11) is 1.52. The van der Waals surface area contributed by atoms with Gasteiger partial charge in [-0.25, -0.2) is 0 Å². The van der Waals surface area contributed by atoms with Crippen molar-refractivity contribution in [3.05, 3.63) is 39.5 Å². The number of amides is 1. The lowest BCUT2D eigenvalue weighted by molar-refractivity contribution is 0.0859. The third-order valence-electron chi connectivity index (χ3n) is 5.42. The minimum absolute atomic E-state index is 0.0615. The number of nitrogens with one attached hydrogen (secondary N) is 1. The van der Waals surface area contributed by atoms with Crippen molar-refractivity contribution in [3.63, 3.8) is 0 Å². The Morgan fingerprint density at radius 3 is 2.93 bits per heavy atom. The molecule has 0 bridgehead atoms. The first kappa shape index (κ1) is 19.9. The van der Waals surface area contributed by atoms with E-state index in [1.807, 2.05) is 28.8 Å². The maximum Gasteiger partial charge on any atom is 0.265 e. The van der Waals surface area contributed by atoms with Gasteiger partial charge < -0.3 is 19.4 Å². The van der Waals surface area contributed by atoms with E-state index in [9.17, 15) is 9.59 Å². The Bertz CT molecular complexity index is 1100. The lowest BCUT2D eigenvalue weighted by Crippen LogP contribution is -2.31. The van der Waals surface area contributed by atoms with Gasteiger partial charge in [-0.1, -0.05) is 31.5 Å². The van der Waals surface area contributed by atoms with E-state index in [0.29, 0.717) is 29.1 Å². The van der Waals surface area contributed by atoms with Gasteiger partial charge in [-0.3, -0.25) is 9.59 Å². The summed E-state index contributed by atoms with van der Waals surface area (Å²) in [6, 6.07) is 7.87. The number of benzene rings is 1. The molecule has 0 aliphatic carbocycles. The van der Waals surface area contributed by atoms with Crippen molar-refractivity contribution in [2.45, 2.75) is 45.3 Å². The second-order valence-electron chi connectivity index (χ2n) is 7.34. The zero-order valence-corrected chi connectivity index (χ0v) is 17.6. The van der Waals surface area contributed by atoms with E-state index >= 15 is 0 Å². The van der Waals surface area contributed by atoms with Crippen molar-refractivity contribution < 1.29 is 14.3 Å². The van der Waals surface area contributed by atoms with Crippen molar-refractivity contribution in [3.8, 4) is 5.75 Å². The SMILES string of the molecule is CCCCn1c(=O)c2c(OC)c(C(=O)NCC3CCCO3)sc2c2ccccc21. The number of aromatic nitrogens is 1. The molecule has 3 aromatic rings. The number of thiophene rings is 1. The third-order valence-corrected chi connectivity index (χ3v) is 6.63. The van der Waals surface area contributed by atoms with Crippen LogP contribution in [0.4, 0.5) is 0 Å².